The molecule has 0 radical (unpaired) electrons. The lowest BCUT2D eigenvalue weighted by atomic mass is 10.0. The van der Waals surface area contributed by atoms with Crippen LogP contribution in [0.4, 0.5) is 0 Å². The van der Waals surface area contributed by atoms with Crippen molar-refractivity contribution >= 4 is 15.9 Å². The van der Waals surface area contributed by atoms with E-state index in [1.165, 1.54) is 44.2 Å². The lowest BCUT2D eigenvalue weighted by Gasteiger charge is -2.26. The summed E-state index contributed by atoms with van der Waals surface area (Å²) >= 11 is 3.56. The summed E-state index contributed by atoms with van der Waals surface area (Å²) in [5, 5.41) is 3.44. The third-order valence-electron chi connectivity index (χ3n) is 4.32. The molecule has 1 N–H and O–H groups in total. The Balaban J connectivity index is 1.88. The van der Waals surface area contributed by atoms with Crippen LogP contribution in [0.3, 0.4) is 0 Å². The van der Waals surface area contributed by atoms with E-state index in [0.29, 0.717) is 6.04 Å². The number of nitrogens with zero attached hydrogens (tertiary/aromatic N) is 1. The van der Waals surface area contributed by atoms with Crippen LogP contribution in [0.5, 0.6) is 0 Å². The molecule has 2 nitrogen and oxygen atoms in total. The van der Waals surface area contributed by atoms with Gasteiger partial charge in [0, 0.05) is 16.6 Å². The monoisotopic (exact) mass is 324 g/mol. The third-order valence-corrected chi connectivity index (χ3v) is 4.81. The first kappa shape index (κ1) is 15.0. The van der Waals surface area contributed by atoms with Crippen molar-refractivity contribution in [1.82, 2.24) is 10.2 Å². The fraction of sp³-hybridized carbons (Fsp3) is 0.625. The number of nitrogens with one attached hydrogen (secondary N) is 1. The number of hydrogen-bond donors (Lipinski definition) is 1. The summed E-state index contributed by atoms with van der Waals surface area (Å²) in [5.41, 5.74) is 1.37. The minimum atomic E-state index is 0.446. The van der Waals surface area contributed by atoms with E-state index in [9.17, 15) is 0 Å². The lowest BCUT2D eigenvalue weighted by molar-refractivity contribution is 0.233. The van der Waals surface area contributed by atoms with Crippen molar-refractivity contribution in [2.24, 2.45) is 0 Å². The molecule has 106 valence electrons. The summed E-state index contributed by atoms with van der Waals surface area (Å²) in [6.07, 6.45) is 6.77. The largest absolute Gasteiger partial charge is 0.313 e. The van der Waals surface area contributed by atoms with Crippen molar-refractivity contribution in [3.63, 3.8) is 0 Å². The zero-order valence-corrected chi connectivity index (χ0v) is 13.6. The topological polar surface area (TPSA) is 15.3 Å². The van der Waals surface area contributed by atoms with Crippen LogP contribution in [0.25, 0.3) is 0 Å². The maximum absolute atomic E-state index is 3.56. The van der Waals surface area contributed by atoms with Crippen molar-refractivity contribution in [1.29, 1.82) is 0 Å². The van der Waals surface area contributed by atoms with E-state index in [1.54, 1.807) is 0 Å². The van der Waals surface area contributed by atoms with Crippen molar-refractivity contribution in [2.75, 3.05) is 20.6 Å². The smallest absolute Gasteiger partial charge is 0.0330 e. The molecule has 1 aromatic rings. The second-order valence-electron chi connectivity index (χ2n) is 5.60. The summed E-state index contributed by atoms with van der Waals surface area (Å²) in [4.78, 5) is 2.55. The van der Waals surface area contributed by atoms with Crippen LogP contribution in [0, 0.1) is 0 Å². The van der Waals surface area contributed by atoms with E-state index in [1.807, 2.05) is 0 Å². The maximum Gasteiger partial charge on any atom is 0.0330 e. The predicted octanol–water partition coefficient (Wildman–Crippen LogP) is 3.97. The minimum absolute atomic E-state index is 0.446. The molecule has 0 bridgehead atoms. The van der Waals surface area contributed by atoms with E-state index >= 15 is 0 Å². The predicted molar refractivity (Wildman–Crippen MR) is 85.4 cm³/mol. The summed E-state index contributed by atoms with van der Waals surface area (Å²) in [5.74, 6) is 0. The van der Waals surface area contributed by atoms with E-state index in [0.717, 1.165) is 10.5 Å². The molecule has 1 fully saturated rings. The molecule has 1 unspecified atom stereocenters. The van der Waals surface area contributed by atoms with Crippen molar-refractivity contribution in [3.8, 4) is 0 Å². The van der Waals surface area contributed by atoms with Gasteiger partial charge in [-0.05, 0) is 57.6 Å². The third kappa shape index (κ3) is 4.30. The Labute approximate surface area is 125 Å². The van der Waals surface area contributed by atoms with Crippen LogP contribution in [-0.4, -0.2) is 31.6 Å². The van der Waals surface area contributed by atoms with E-state index in [4.69, 9.17) is 0 Å². The molecule has 1 aromatic carbocycles. The van der Waals surface area contributed by atoms with Crippen LogP contribution in [-0.2, 0) is 0 Å². The van der Waals surface area contributed by atoms with E-state index in [2.05, 4.69) is 64.5 Å². The molecular formula is C16H25BrN2. The van der Waals surface area contributed by atoms with Crippen molar-refractivity contribution in [2.45, 2.75) is 44.2 Å². The first-order valence-corrected chi connectivity index (χ1v) is 8.13. The number of benzene rings is 1. The second-order valence-corrected chi connectivity index (χ2v) is 6.52. The maximum atomic E-state index is 3.56. The van der Waals surface area contributed by atoms with Gasteiger partial charge in [0.1, 0.15) is 0 Å². The zero-order valence-electron chi connectivity index (χ0n) is 12.0. The molecular weight excluding hydrogens is 300 g/mol. The lowest BCUT2D eigenvalue weighted by Crippen LogP contribution is -2.32. The van der Waals surface area contributed by atoms with Gasteiger partial charge in [-0.3, -0.25) is 0 Å². The molecule has 1 aliphatic carbocycles. The highest BCUT2D eigenvalue weighted by Crippen LogP contribution is 2.25. The quantitative estimate of drug-likeness (QED) is 0.851. The summed E-state index contributed by atoms with van der Waals surface area (Å²) < 4.78 is 1.16. The Morgan fingerprint density at radius 1 is 1.37 bits per heavy atom. The normalized spacial score (nSPS) is 18.1. The molecule has 1 aliphatic rings. The molecule has 1 atom stereocenters. The molecule has 0 spiro atoms. The van der Waals surface area contributed by atoms with Gasteiger partial charge < -0.3 is 10.2 Å². The first-order chi connectivity index (χ1) is 9.20. The molecule has 0 amide bonds. The fourth-order valence-corrected chi connectivity index (χ4v) is 3.48. The highest BCUT2D eigenvalue weighted by atomic mass is 79.9. The van der Waals surface area contributed by atoms with Gasteiger partial charge in [0.15, 0.2) is 0 Å². The Bertz CT molecular complexity index is 388. The molecule has 2 rings (SSSR count). The van der Waals surface area contributed by atoms with Gasteiger partial charge in [-0.15, -0.1) is 0 Å². The summed E-state index contributed by atoms with van der Waals surface area (Å²) in [7, 11) is 4.34. The second kappa shape index (κ2) is 7.41. The number of hydrogen-bond acceptors (Lipinski definition) is 2. The minimum Gasteiger partial charge on any atom is -0.313 e. The molecule has 0 heterocycles. The van der Waals surface area contributed by atoms with Gasteiger partial charge in [0.25, 0.3) is 0 Å². The fourth-order valence-electron chi connectivity index (χ4n) is 3.06. The molecule has 0 aromatic heterocycles. The Kier molecular flexibility index (Phi) is 5.86. The Morgan fingerprint density at radius 3 is 2.74 bits per heavy atom. The SMILES string of the molecule is CNC(CCN(C)C1CCCC1)c1cccc(Br)c1. The van der Waals surface area contributed by atoms with Gasteiger partial charge >= 0.3 is 0 Å². The van der Waals surface area contributed by atoms with Crippen LogP contribution in [0.2, 0.25) is 0 Å². The van der Waals surface area contributed by atoms with Gasteiger partial charge in [-0.25, -0.2) is 0 Å². The van der Waals surface area contributed by atoms with Crippen molar-refractivity contribution in [3.05, 3.63) is 34.3 Å². The molecule has 3 heteroatoms. The highest BCUT2D eigenvalue weighted by Gasteiger charge is 2.20. The molecule has 0 saturated heterocycles. The van der Waals surface area contributed by atoms with E-state index < -0.39 is 0 Å². The van der Waals surface area contributed by atoms with Gasteiger partial charge in [0.05, 0.1) is 0 Å². The van der Waals surface area contributed by atoms with Crippen LogP contribution in [0.1, 0.15) is 43.7 Å². The highest BCUT2D eigenvalue weighted by molar-refractivity contribution is 9.10. The van der Waals surface area contributed by atoms with Crippen LogP contribution >= 0.6 is 15.9 Å². The van der Waals surface area contributed by atoms with Crippen LogP contribution < -0.4 is 5.32 Å². The standard InChI is InChI=1S/C16H25BrN2/c1-18-16(13-6-5-7-14(17)12-13)10-11-19(2)15-8-3-4-9-15/h5-7,12,15-16,18H,3-4,8-11H2,1-2H3. The summed E-state index contributed by atoms with van der Waals surface area (Å²) in [6, 6.07) is 9.89. The molecule has 1 saturated carbocycles. The first-order valence-electron chi connectivity index (χ1n) is 7.33. The number of rotatable bonds is 6. The van der Waals surface area contributed by atoms with E-state index in [-0.39, 0.29) is 0 Å². The molecule has 19 heavy (non-hydrogen) atoms. The summed E-state index contributed by atoms with van der Waals surface area (Å²) in [6.45, 7) is 1.17. The zero-order chi connectivity index (χ0) is 13.7. The average molecular weight is 325 g/mol. The van der Waals surface area contributed by atoms with Gasteiger partial charge in [-0.2, -0.15) is 0 Å². The van der Waals surface area contributed by atoms with Crippen LogP contribution in [0.15, 0.2) is 28.7 Å². The Hall–Kier alpha value is -0.380. The van der Waals surface area contributed by atoms with Gasteiger partial charge in [-0.1, -0.05) is 40.9 Å². The Morgan fingerprint density at radius 2 is 2.11 bits per heavy atom. The van der Waals surface area contributed by atoms with Gasteiger partial charge in [0.2, 0.25) is 0 Å². The van der Waals surface area contributed by atoms with Crippen molar-refractivity contribution < 1.29 is 0 Å². The number of halogens is 1. The average Bonchev–Trinajstić information content (AvgIpc) is 2.93. The molecule has 0 aliphatic heterocycles.